The van der Waals surface area contributed by atoms with Crippen LogP contribution in [-0.2, 0) is 6.54 Å². The zero-order valence-electron chi connectivity index (χ0n) is 12.2. The summed E-state index contributed by atoms with van der Waals surface area (Å²) in [7, 11) is 0. The Morgan fingerprint density at radius 3 is 2.67 bits per heavy atom. The standard InChI is InChI=1S/C16H19BrN2OS/c1-3-19(4-2)16(20)12-6-5-7-13(10-12)18-11-15-14(17)8-9-21-15/h5-10,18H,3-4,11H2,1-2H3. The third kappa shape index (κ3) is 4.08. The number of anilines is 1. The summed E-state index contributed by atoms with van der Waals surface area (Å²) in [6.07, 6.45) is 0. The van der Waals surface area contributed by atoms with Crippen LogP contribution < -0.4 is 5.32 Å². The molecule has 1 aromatic carbocycles. The van der Waals surface area contributed by atoms with Crippen LogP contribution in [0.25, 0.3) is 0 Å². The summed E-state index contributed by atoms with van der Waals surface area (Å²) >= 11 is 5.23. The molecule has 0 aliphatic rings. The van der Waals surface area contributed by atoms with Crippen molar-refractivity contribution >= 4 is 38.9 Å². The first kappa shape index (κ1) is 16.0. The lowest BCUT2D eigenvalue weighted by molar-refractivity contribution is 0.0773. The van der Waals surface area contributed by atoms with Crippen LogP contribution in [0.2, 0.25) is 0 Å². The van der Waals surface area contributed by atoms with Gasteiger partial charge in [0.1, 0.15) is 0 Å². The lowest BCUT2D eigenvalue weighted by Gasteiger charge is -2.19. The molecule has 2 aromatic rings. The first-order valence-corrected chi connectivity index (χ1v) is 8.68. The van der Waals surface area contributed by atoms with E-state index in [0.29, 0.717) is 0 Å². The van der Waals surface area contributed by atoms with Crippen LogP contribution in [0.1, 0.15) is 29.1 Å². The summed E-state index contributed by atoms with van der Waals surface area (Å²) in [5, 5.41) is 5.42. The topological polar surface area (TPSA) is 32.3 Å². The number of rotatable bonds is 6. The Hall–Kier alpha value is -1.33. The Kier molecular flexibility index (Phi) is 5.82. The molecule has 2 rings (SSSR count). The van der Waals surface area contributed by atoms with Crippen molar-refractivity contribution in [3.8, 4) is 0 Å². The second kappa shape index (κ2) is 7.61. The van der Waals surface area contributed by atoms with Gasteiger partial charge < -0.3 is 10.2 Å². The SMILES string of the molecule is CCN(CC)C(=O)c1cccc(NCc2sccc2Br)c1. The lowest BCUT2D eigenvalue weighted by atomic mass is 10.1. The molecule has 3 nitrogen and oxygen atoms in total. The monoisotopic (exact) mass is 366 g/mol. The number of hydrogen-bond acceptors (Lipinski definition) is 3. The molecule has 1 aromatic heterocycles. The first-order valence-electron chi connectivity index (χ1n) is 7.00. The minimum absolute atomic E-state index is 0.0842. The van der Waals surface area contributed by atoms with Crippen molar-refractivity contribution in [1.29, 1.82) is 0 Å². The molecule has 1 N–H and O–H groups in total. The van der Waals surface area contributed by atoms with Crippen LogP contribution in [0.15, 0.2) is 40.2 Å². The lowest BCUT2D eigenvalue weighted by Crippen LogP contribution is -2.30. The normalized spacial score (nSPS) is 10.4. The fraction of sp³-hybridized carbons (Fsp3) is 0.312. The van der Waals surface area contributed by atoms with E-state index in [2.05, 4.69) is 26.6 Å². The number of nitrogens with zero attached hydrogens (tertiary/aromatic N) is 1. The molecule has 0 spiro atoms. The molecule has 21 heavy (non-hydrogen) atoms. The third-order valence-corrected chi connectivity index (χ3v) is 5.23. The number of benzene rings is 1. The van der Waals surface area contributed by atoms with Crippen molar-refractivity contribution in [1.82, 2.24) is 4.90 Å². The molecular weight excluding hydrogens is 348 g/mol. The van der Waals surface area contributed by atoms with E-state index >= 15 is 0 Å². The number of carbonyl (C=O) groups is 1. The molecule has 1 amide bonds. The van der Waals surface area contributed by atoms with Gasteiger partial charge in [0.05, 0.1) is 6.54 Å². The van der Waals surface area contributed by atoms with Crippen molar-refractivity contribution < 1.29 is 4.79 Å². The molecular formula is C16H19BrN2OS. The first-order chi connectivity index (χ1) is 10.2. The van der Waals surface area contributed by atoms with E-state index in [9.17, 15) is 4.79 Å². The highest BCUT2D eigenvalue weighted by molar-refractivity contribution is 9.10. The Morgan fingerprint density at radius 1 is 1.29 bits per heavy atom. The summed E-state index contributed by atoms with van der Waals surface area (Å²) in [4.78, 5) is 15.4. The molecule has 0 unspecified atom stereocenters. The van der Waals surface area contributed by atoms with Crippen LogP contribution >= 0.6 is 27.3 Å². The number of carbonyl (C=O) groups excluding carboxylic acids is 1. The molecule has 0 fully saturated rings. The van der Waals surface area contributed by atoms with E-state index in [1.54, 1.807) is 11.3 Å². The average molecular weight is 367 g/mol. The summed E-state index contributed by atoms with van der Waals surface area (Å²) < 4.78 is 1.12. The van der Waals surface area contributed by atoms with Crippen LogP contribution in [0.5, 0.6) is 0 Å². The predicted molar refractivity (Wildman–Crippen MR) is 93.0 cm³/mol. The maximum atomic E-state index is 12.3. The largest absolute Gasteiger partial charge is 0.380 e. The highest BCUT2D eigenvalue weighted by Gasteiger charge is 2.12. The van der Waals surface area contributed by atoms with E-state index < -0.39 is 0 Å². The second-order valence-electron chi connectivity index (χ2n) is 4.60. The van der Waals surface area contributed by atoms with Crippen LogP contribution in [0.4, 0.5) is 5.69 Å². The Balaban J connectivity index is 2.07. The van der Waals surface area contributed by atoms with E-state index in [0.717, 1.165) is 35.4 Å². The maximum absolute atomic E-state index is 12.3. The quantitative estimate of drug-likeness (QED) is 0.809. The molecule has 0 radical (unpaired) electrons. The fourth-order valence-electron chi connectivity index (χ4n) is 2.09. The van der Waals surface area contributed by atoms with Gasteiger partial charge in [-0.05, 0) is 59.4 Å². The molecule has 5 heteroatoms. The minimum atomic E-state index is 0.0842. The highest BCUT2D eigenvalue weighted by atomic mass is 79.9. The fourth-order valence-corrected chi connectivity index (χ4v) is 3.52. The van der Waals surface area contributed by atoms with Crippen molar-refractivity contribution in [3.63, 3.8) is 0 Å². The van der Waals surface area contributed by atoms with Crippen molar-refractivity contribution in [2.24, 2.45) is 0 Å². The predicted octanol–water partition coefficient (Wildman–Crippen LogP) is 4.60. The summed E-state index contributed by atoms with van der Waals surface area (Å²) in [6.45, 7) is 6.21. The van der Waals surface area contributed by atoms with E-state index in [1.807, 2.05) is 49.1 Å². The molecule has 112 valence electrons. The zero-order valence-corrected chi connectivity index (χ0v) is 14.6. The van der Waals surface area contributed by atoms with Gasteiger partial charge in [0.2, 0.25) is 0 Å². The minimum Gasteiger partial charge on any atom is -0.380 e. The average Bonchev–Trinajstić information content (AvgIpc) is 2.92. The van der Waals surface area contributed by atoms with Gasteiger partial charge in [-0.15, -0.1) is 11.3 Å². The molecule has 0 aliphatic carbocycles. The zero-order chi connectivity index (χ0) is 15.2. The molecule has 0 aliphatic heterocycles. The summed E-state index contributed by atoms with van der Waals surface area (Å²) in [5.41, 5.74) is 1.70. The van der Waals surface area contributed by atoms with Crippen LogP contribution in [0, 0.1) is 0 Å². The van der Waals surface area contributed by atoms with Gasteiger partial charge in [-0.25, -0.2) is 0 Å². The number of amides is 1. The molecule has 0 saturated heterocycles. The van der Waals surface area contributed by atoms with Gasteiger partial charge in [0.15, 0.2) is 0 Å². The molecule has 1 heterocycles. The van der Waals surface area contributed by atoms with Crippen molar-refractivity contribution in [3.05, 3.63) is 50.6 Å². The second-order valence-corrected chi connectivity index (χ2v) is 6.46. The van der Waals surface area contributed by atoms with Gasteiger partial charge in [-0.2, -0.15) is 0 Å². The number of nitrogens with one attached hydrogen (secondary N) is 1. The molecule has 0 saturated carbocycles. The molecule has 0 atom stereocenters. The maximum Gasteiger partial charge on any atom is 0.253 e. The van der Waals surface area contributed by atoms with Gasteiger partial charge >= 0.3 is 0 Å². The van der Waals surface area contributed by atoms with E-state index in [-0.39, 0.29) is 5.91 Å². The van der Waals surface area contributed by atoms with Gasteiger partial charge in [-0.3, -0.25) is 4.79 Å². The third-order valence-electron chi connectivity index (χ3n) is 3.30. The van der Waals surface area contributed by atoms with Gasteiger partial charge in [-0.1, -0.05) is 6.07 Å². The number of halogens is 1. The highest BCUT2D eigenvalue weighted by Crippen LogP contribution is 2.24. The van der Waals surface area contributed by atoms with Gasteiger partial charge in [0.25, 0.3) is 5.91 Å². The Bertz CT molecular complexity index is 608. The number of thiophene rings is 1. The smallest absolute Gasteiger partial charge is 0.253 e. The number of hydrogen-bond donors (Lipinski definition) is 1. The van der Waals surface area contributed by atoms with Crippen molar-refractivity contribution in [2.45, 2.75) is 20.4 Å². The van der Waals surface area contributed by atoms with E-state index in [1.165, 1.54) is 4.88 Å². The Labute approximate surface area is 138 Å². The summed E-state index contributed by atoms with van der Waals surface area (Å²) in [6, 6.07) is 9.74. The van der Waals surface area contributed by atoms with E-state index in [4.69, 9.17) is 0 Å². The van der Waals surface area contributed by atoms with Crippen molar-refractivity contribution in [2.75, 3.05) is 18.4 Å². The van der Waals surface area contributed by atoms with Crippen LogP contribution in [-0.4, -0.2) is 23.9 Å². The van der Waals surface area contributed by atoms with Gasteiger partial charge in [0, 0.05) is 33.7 Å². The Morgan fingerprint density at radius 2 is 2.05 bits per heavy atom. The summed E-state index contributed by atoms with van der Waals surface area (Å²) in [5.74, 6) is 0.0842. The molecule has 0 bridgehead atoms. The van der Waals surface area contributed by atoms with Crippen LogP contribution in [0.3, 0.4) is 0 Å².